The molecule has 0 amide bonds. The van der Waals surface area contributed by atoms with Crippen LogP contribution >= 0.6 is 22.9 Å². The third kappa shape index (κ3) is 3.08. The minimum Gasteiger partial charge on any atom is -0.370 e. The van der Waals surface area contributed by atoms with Gasteiger partial charge < -0.3 is 11.1 Å². The molecule has 0 atom stereocenters. The molecule has 2 heterocycles. The van der Waals surface area contributed by atoms with Crippen LogP contribution in [-0.4, -0.2) is 16.5 Å². The Bertz CT molecular complexity index is 471. The van der Waals surface area contributed by atoms with E-state index in [1.165, 1.54) is 4.88 Å². The average molecular weight is 255 g/mol. The first-order chi connectivity index (χ1) is 7.74. The number of aromatic nitrogens is 2. The van der Waals surface area contributed by atoms with E-state index in [0.717, 1.165) is 23.1 Å². The van der Waals surface area contributed by atoms with Crippen LogP contribution in [0.4, 0.5) is 11.8 Å². The van der Waals surface area contributed by atoms with Gasteiger partial charge in [-0.2, -0.15) is 4.98 Å². The molecular weight excluding hydrogens is 244 g/mol. The Hall–Kier alpha value is -1.33. The molecule has 0 saturated carbocycles. The van der Waals surface area contributed by atoms with Crippen molar-refractivity contribution in [3.05, 3.63) is 33.6 Å². The first-order valence-corrected chi connectivity index (χ1v) is 6.00. The second-order valence-electron chi connectivity index (χ2n) is 3.18. The molecule has 0 aliphatic rings. The van der Waals surface area contributed by atoms with E-state index in [0.29, 0.717) is 0 Å². The second kappa shape index (κ2) is 5.14. The molecule has 0 radical (unpaired) electrons. The Kier molecular flexibility index (Phi) is 3.58. The molecule has 0 saturated heterocycles. The summed E-state index contributed by atoms with van der Waals surface area (Å²) in [4.78, 5) is 9.11. The van der Waals surface area contributed by atoms with Crippen molar-refractivity contribution in [1.29, 1.82) is 0 Å². The van der Waals surface area contributed by atoms with Gasteiger partial charge in [-0.05, 0) is 24.6 Å². The number of nitrogens with two attached hydrogens (primary N) is 1. The predicted molar refractivity (Wildman–Crippen MR) is 68.0 cm³/mol. The van der Waals surface area contributed by atoms with E-state index in [1.54, 1.807) is 23.6 Å². The summed E-state index contributed by atoms with van der Waals surface area (Å²) in [5.74, 6) is 1.03. The van der Waals surface area contributed by atoms with Crippen molar-refractivity contribution in [3.8, 4) is 0 Å². The normalized spacial score (nSPS) is 10.3. The monoisotopic (exact) mass is 254 g/mol. The molecule has 0 bridgehead atoms. The maximum Gasteiger partial charge on any atom is 0.221 e. The van der Waals surface area contributed by atoms with Gasteiger partial charge in [-0.25, -0.2) is 4.98 Å². The number of hydrogen-bond donors (Lipinski definition) is 2. The quantitative estimate of drug-likeness (QED) is 0.880. The number of thiophene rings is 1. The first kappa shape index (κ1) is 11.2. The standard InChI is InChI=1S/C10H11ClN4S/c11-8-2-1-7(16-8)3-5-13-9-4-6-14-10(12)15-9/h1-2,4,6H,3,5H2,(H3,12,13,14,15). The fourth-order valence-corrected chi connectivity index (χ4v) is 2.36. The van der Waals surface area contributed by atoms with Crippen LogP contribution in [0.3, 0.4) is 0 Å². The zero-order chi connectivity index (χ0) is 11.4. The molecule has 6 heteroatoms. The highest BCUT2D eigenvalue weighted by atomic mass is 35.5. The Morgan fingerprint density at radius 2 is 2.25 bits per heavy atom. The van der Waals surface area contributed by atoms with Gasteiger partial charge in [-0.15, -0.1) is 11.3 Å². The van der Waals surface area contributed by atoms with Crippen molar-refractivity contribution >= 4 is 34.7 Å². The van der Waals surface area contributed by atoms with Gasteiger partial charge in [-0.1, -0.05) is 11.6 Å². The van der Waals surface area contributed by atoms with Crippen LogP contribution < -0.4 is 11.1 Å². The summed E-state index contributed by atoms with van der Waals surface area (Å²) < 4.78 is 0.821. The fourth-order valence-electron chi connectivity index (χ4n) is 1.27. The molecule has 0 spiro atoms. The number of nitrogens with zero attached hydrogens (tertiary/aromatic N) is 2. The average Bonchev–Trinajstić information content (AvgIpc) is 2.64. The van der Waals surface area contributed by atoms with E-state index < -0.39 is 0 Å². The van der Waals surface area contributed by atoms with E-state index in [2.05, 4.69) is 15.3 Å². The Labute approximate surface area is 102 Å². The van der Waals surface area contributed by atoms with Crippen LogP contribution in [-0.2, 0) is 6.42 Å². The summed E-state index contributed by atoms with van der Waals surface area (Å²) in [6.45, 7) is 0.799. The topological polar surface area (TPSA) is 63.8 Å². The number of nitrogens with one attached hydrogen (secondary N) is 1. The highest BCUT2D eigenvalue weighted by molar-refractivity contribution is 7.16. The number of halogens is 1. The van der Waals surface area contributed by atoms with Gasteiger partial charge in [0.15, 0.2) is 0 Å². The van der Waals surface area contributed by atoms with Gasteiger partial charge in [0.1, 0.15) is 5.82 Å². The number of nitrogen functional groups attached to an aromatic ring is 1. The van der Waals surface area contributed by atoms with Gasteiger partial charge in [0.2, 0.25) is 5.95 Å². The predicted octanol–water partition coefficient (Wildman–Crippen LogP) is 2.43. The maximum atomic E-state index is 5.84. The SMILES string of the molecule is Nc1nccc(NCCc2ccc(Cl)s2)n1. The lowest BCUT2D eigenvalue weighted by Crippen LogP contribution is -2.06. The minimum absolute atomic E-state index is 0.282. The molecular formula is C10H11ClN4S. The van der Waals surface area contributed by atoms with E-state index in [1.807, 2.05) is 12.1 Å². The first-order valence-electron chi connectivity index (χ1n) is 4.80. The fraction of sp³-hybridized carbons (Fsp3) is 0.200. The second-order valence-corrected chi connectivity index (χ2v) is 4.98. The smallest absolute Gasteiger partial charge is 0.221 e. The molecule has 0 unspecified atom stereocenters. The number of hydrogen-bond acceptors (Lipinski definition) is 5. The lowest BCUT2D eigenvalue weighted by Gasteiger charge is -2.03. The zero-order valence-corrected chi connectivity index (χ0v) is 10.1. The van der Waals surface area contributed by atoms with E-state index >= 15 is 0 Å². The van der Waals surface area contributed by atoms with Gasteiger partial charge in [0, 0.05) is 17.6 Å². The molecule has 0 aliphatic carbocycles. The van der Waals surface area contributed by atoms with Crippen LogP contribution in [0.15, 0.2) is 24.4 Å². The molecule has 3 N–H and O–H groups in total. The van der Waals surface area contributed by atoms with Crippen LogP contribution in [0, 0.1) is 0 Å². The Morgan fingerprint density at radius 1 is 1.38 bits per heavy atom. The van der Waals surface area contributed by atoms with E-state index in [-0.39, 0.29) is 5.95 Å². The summed E-state index contributed by atoms with van der Waals surface area (Å²) in [7, 11) is 0. The Balaban J connectivity index is 1.84. The molecule has 0 aliphatic heterocycles. The summed E-state index contributed by atoms with van der Waals surface area (Å²) in [5.41, 5.74) is 5.47. The lowest BCUT2D eigenvalue weighted by atomic mass is 10.3. The van der Waals surface area contributed by atoms with Crippen molar-refractivity contribution in [2.75, 3.05) is 17.6 Å². The lowest BCUT2D eigenvalue weighted by molar-refractivity contribution is 1.02. The van der Waals surface area contributed by atoms with Gasteiger partial charge in [0.25, 0.3) is 0 Å². The number of anilines is 2. The number of rotatable bonds is 4. The summed E-state index contributed by atoms with van der Waals surface area (Å²) >= 11 is 7.43. The van der Waals surface area contributed by atoms with Crippen molar-refractivity contribution in [1.82, 2.24) is 9.97 Å². The van der Waals surface area contributed by atoms with Gasteiger partial charge in [-0.3, -0.25) is 0 Å². The van der Waals surface area contributed by atoms with Crippen molar-refractivity contribution in [2.24, 2.45) is 0 Å². The minimum atomic E-state index is 0.282. The van der Waals surface area contributed by atoms with Crippen molar-refractivity contribution < 1.29 is 0 Å². The molecule has 84 valence electrons. The van der Waals surface area contributed by atoms with E-state index in [4.69, 9.17) is 17.3 Å². The van der Waals surface area contributed by atoms with Crippen molar-refractivity contribution in [3.63, 3.8) is 0 Å². The molecule has 2 aromatic rings. The highest BCUT2D eigenvalue weighted by Crippen LogP contribution is 2.21. The third-order valence-corrected chi connectivity index (χ3v) is 3.27. The van der Waals surface area contributed by atoms with Crippen molar-refractivity contribution in [2.45, 2.75) is 6.42 Å². The summed E-state index contributed by atoms with van der Waals surface area (Å²) in [6, 6.07) is 5.73. The molecule has 2 aromatic heterocycles. The highest BCUT2D eigenvalue weighted by Gasteiger charge is 1.99. The van der Waals surface area contributed by atoms with Gasteiger partial charge >= 0.3 is 0 Å². The van der Waals surface area contributed by atoms with Crippen LogP contribution in [0.5, 0.6) is 0 Å². The molecule has 0 fully saturated rings. The third-order valence-electron chi connectivity index (χ3n) is 1.98. The maximum absolute atomic E-state index is 5.84. The largest absolute Gasteiger partial charge is 0.370 e. The van der Waals surface area contributed by atoms with Crippen LogP contribution in [0.25, 0.3) is 0 Å². The van der Waals surface area contributed by atoms with E-state index in [9.17, 15) is 0 Å². The molecule has 16 heavy (non-hydrogen) atoms. The summed E-state index contributed by atoms with van der Waals surface area (Å²) in [6.07, 6.45) is 2.55. The van der Waals surface area contributed by atoms with Crippen LogP contribution in [0.1, 0.15) is 4.88 Å². The zero-order valence-electron chi connectivity index (χ0n) is 8.48. The molecule has 4 nitrogen and oxygen atoms in total. The van der Waals surface area contributed by atoms with Gasteiger partial charge in [0.05, 0.1) is 4.34 Å². The Morgan fingerprint density at radius 3 is 2.94 bits per heavy atom. The van der Waals surface area contributed by atoms with Crippen LogP contribution in [0.2, 0.25) is 4.34 Å². The molecule has 2 rings (SSSR count). The molecule has 0 aromatic carbocycles. The summed E-state index contributed by atoms with van der Waals surface area (Å²) in [5, 5.41) is 3.18.